The van der Waals surface area contributed by atoms with E-state index in [4.69, 9.17) is 9.47 Å². The van der Waals surface area contributed by atoms with Crippen LogP contribution in [0.5, 0.6) is 5.88 Å². The van der Waals surface area contributed by atoms with Gasteiger partial charge >= 0.3 is 0 Å². The highest BCUT2D eigenvalue weighted by Crippen LogP contribution is 2.25. The van der Waals surface area contributed by atoms with Crippen molar-refractivity contribution < 1.29 is 14.3 Å². The van der Waals surface area contributed by atoms with Crippen LogP contribution in [0.3, 0.4) is 0 Å². The highest BCUT2D eigenvalue weighted by Gasteiger charge is 2.26. The molecule has 0 aliphatic carbocycles. The van der Waals surface area contributed by atoms with Crippen molar-refractivity contribution in [2.24, 2.45) is 0 Å². The molecule has 27 heavy (non-hydrogen) atoms. The number of fused-ring (bicyclic) bond motifs is 1. The van der Waals surface area contributed by atoms with Gasteiger partial charge in [-0.3, -0.25) is 9.69 Å². The number of nitrogens with one attached hydrogen (secondary N) is 1. The van der Waals surface area contributed by atoms with Gasteiger partial charge in [0.25, 0.3) is 5.91 Å². The van der Waals surface area contributed by atoms with E-state index in [0.717, 1.165) is 50.7 Å². The lowest BCUT2D eigenvalue weighted by Gasteiger charge is -2.34. The maximum Gasteiger partial charge on any atom is 0.272 e. The lowest BCUT2D eigenvalue weighted by molar-refractivity contribution is 0.0162. The zero-order valence-corrected chi connectivity index (χ0v) is 15.7. The van der Waals surface area contributed by atoms with Gasteiger partial charge in [-0.05, 0) is 12.5 Å². The number of carbonyl (C=O) groups is 1. The number of amides is 1. The van der Waals surface area contributed by atoms with Crippen molar-refractivity contribution in [2.75, 3.05) is 39.5 Å². The first kappa shape index (κ1) is 18.0. The number of aromatic nitrogens is 2. The van der Waals surface area contributed by atoms with Gasteiger partial charge in [-0.15, -0.1) is 0 Å². The molecule has 144 valence electrons. The average Bonchev–Trinajstić information content (AvgIpc) is 3.07. The van der Waals surface area contributed by atoms with E-state index >= 15 is 0 Å². The Bertz CT molecular complexity index is 784. The zero-order valence-electron chi connectivity index (χ0n) is 15.7. The van der Waals surface area contributed by atoms with Crippen LogP contribution in [0.2, 0.25) is 0 Å². The summed E-state index contributed by atoms with van der Waals surface area (Å²) >= 11 is 0. The van der Waals surface area contributed by atoms with E-state index in [0.29, 0.717) is 18.8 Å². The second kappa shape index (κ2) is 8.10. The molecule has 0 saturated carbocycles. The molecule has 1 unspecified atom stereocenters. The summed E-state index contributed by atoms with van der Waals surface area (Å²) in [4.78, 5) is 15.2. The normalized spacial score (nSPS) is 18.4. The van der Waals surface area contributed by atoms with Gasteiger partial charge in [0.05, 0.1) is 25.9 Å². The predicted octanol–water partition coefficient (Wildman–Crippen LogP) is 1.78. The van der Waals surface area contributed by atoms with E-state index in [1.54, 1.807) is 4.68 Å². The minimum absolute atomic E-state index is 0.118. The highest BCUT2D eigenvalue weighted by molar-refractivity contribution is 5.94. The number of morpholine rings is 1. The molecule has 0 spiro atoms. The van der Waals surface area contributed by atoms with Crippen LogP contribution in [-0.4, -0.2) is 60.0 Å². The molecular weight excluding hydrogens is 344 g/mol. The van der Waals surface area contributed by atoms with Crippen molar-refractivity contribution in [1.29, 1.82) is 0 Å². The lowest BCUT2D eigenvalue weighted by atomic mass is 10.0. The first-order valence-electron chi connectivity index (χ1n) is 9.59. The minimum Gasteiger partial charge on any atom is -0.478 e. The third-order valence-corrected chi connectivity index (χ3v) is 5.23. The maximum absolute atomic E-state index is 12.8. The summed E-state index contributed by atoms with van der Waals surface area (Å²) in [6.45, 7) is 7.08. The van der Waals surface area contributed by atoms with E-state index < -0.39 is 0 Å². The summed E-state index contributed by atoms with van der Waals surface area (Å²) in [5.41, 5.74) is 2.47. The second-order valence-electron chi connectivity index (χ2n) is 6.99. The van der Waals surface area contributed by atoms with Crippen molar-refractivity contribution in [1.82, 2.24) is 20.0 Å². The molecule has 2 aliphatic heterocycles. The second-order valence-corrected chi connectivity index (χ2v) is 6.99. The number of carbonyl (C=O) groups excluding carboxylic acids is 1. The van der Waals surface area contributed by atoms with E-state index in [2.05, 4.69) is 27.4 Å². The number of ether oxygens (including phenoxy) is 2. The van der Waals surface area contributed by atoms with Crippen molar-refractivity contribution in [3.63, 3.8) is 0 Å². The summed E-state index contributed by atoms with van der Waals surface area (Å²) in [5.74, 6) is 0.575. The fourth-order valence-corrected chi connectivity index (χ4v) is 3.76. The van der Waals surface area contributed by atoms with Crippen LogP contribution in [0.25, 0.3) is 0 Å². The Labute approximate surface area is 159 Å². The van der Waals surface area contributed by atoms with Gasteiger partial charge < -0.3 is 14.8 Å². The van der Waals surface area contributed by atoms with Crippen LogP contribution in [0, 0.1) is 6.92 Å². The number of benzene rings is 1. The molecule has 7 nitrogen and oxygen atoms in total. The minimum atomic E-state index is -0.146. The smallest absolute Gasteiger partial charge is 0.272 e. The molecule has 1 aromatic heterocycles. The molecule has 4 rings (SSSR count). The van der Waals surface area contributed by atoms with Crippen LogP contribution >= 0.6 is 0 Å². The molecule has 1 fully saturated rings. The maximum atomic E-state index is 12.8. The van der Waals surface area contributed by atoms with Crippen LogP contribution in [0.1, 0.15) is 34.1 Å². The molecule has 2 aromatic rings. The number of nitrogens with zero attached hydrogens (tertiary/aromatic N) is 3. The number of hydrogen-bond donors (Lipinski definition) is 1. The number of rotatable bonds is 5. The summed E-state index contributed by atoms with van der Waals surface area (Å²) in [5, 5.41) is 7.55. The topological polar surface area (TPSA) is 68.6 Å². The monoisotopic (exact) mass is 370 g/mol. The summed E-state index contributed by atoms with van der Waals surface area (Å²) in [6, 6.07) is 10.4. The van der Waals surface area contributed by atoms with Crippen molar-refractivity contribution in [3.8, 4) is 5.88 Å². The Morgan fingerprint density at radius 2 is 1.96 bits per heavy atom. The molecular formula is C20H26N4O3. The van der Waals surface area contributed by atoms with Crippen LogP contribution in [0.4, 0.5) is 0 Å². The van der Waals surface area contributed by atoms with Gasteiger partial charge in [0, 0.05) is 38.2 Å². The Balaban J connectivity index is 1.49. The number of hydrogen-bond acceptors (Lipinski definition) is 5. The van der Waals surface area contributed by atoms with E-state index in [1.807, 2.05) is 25.1 Å². The molecule has 1 aromatic carbocycles. The third kappa shape index (κ3) is 3.84. The van der Waals surface area contributed by atoms with Gasteiger partial charge in [-0.2, -0.15) is 5.10 Å². The summed E-state index contributed by atoms with van der Waals surface area (Å²) in [6.07, 6.45) is 0.919. The van der Waals surface area contributed by atoms with Gasteiger partial charge in [-0.25, -0.2) is 4.68 Å². The summed E-state index contributed by atoms with van der Waals surface area (Å²) in [7, 11) is 0. The van der Waals surface area contributed by atoms with Gasteiger partial charge in [0.2, 0.25) is 5.88 Å². The quantitative estimate of drug-likeness (QED) is 0.869. The molecule has 1 saturated heterocycles. The predicted molar refractivity (Wildman–Crippen MR) is 101 cm³/mol. The zero-order chi connectivity index (χ0) is 18.6. The Kier molecular flexibility index (Phi) is 5.40. The van der Waals surface area contributed by atoms with Crippen molar-refractivity contribution in [2.45, 2.75) is 25.9 Å². The van der Waals surface area contributed by atoms with E-state index in [-0.39, 0.29) is 11.9 Å². The molecule has 2 aliphatic rings. The molecule has 0 radical (unpaired) electrons. The largest absolute Gasteiger partial charge is 0.478 e. The van der Waals surface area contributed by atoms with E-state index in [9.17, 15) is 4.79 Å². The van der Waals surface area contributed by atoms with E-state index in [1.165, 1.54) is 5.56 Å². The van der Waals surface area contributed by atoms with Gasteiger partial charge in [0.15, 0.2) is 5.69 Å². The Hall–Kier alpha value is -2.38. The summed E-state index contributed by atoms with van der Waals surface area (Å²) < 4.78 is 13.0. The SMILES string of the molecule is Cc1c(C(=O)NCC(c2ccccc2)N2CCOCC2)nn2c1OCCC2. The Morgan fingerprint density at radius 1 is 1.19 bits per heavy atom. The molecule has 3 heterocycles. The fourth-order valence-electron chi connectivity index (χ4n) is 3.76. The average molecular weight is 370 g/mol. The molecule has 7 heteroatoms. The van der Waals surface area contributed by atoms with Crippen molar-refractivity contribution in [3.05, 3.63) is 47.2 Å². The lowest BCUT2D eigenvalue weighted by Crippen LogP contribution is -2.44. The van der Waals surface area contributed by atoms with Gasteiger partial charge in [-0.1, -0.05) is 30.3 Å². The standard InChI is InChI=1S/C20H26N4O3/c1-15-18(22-24-8-5-11-27-20(15)24)19(25)21-14-17(16-6-3-2-4-7-16)23-9-12-26-13-10-23/h2-4,6-7,17H,5,8-14H2,1H3,(H,21,25). The Morgan fingerprint density at radius 3 is 2.70 bits per heavy atom. The van der Waals surface area contributed by atoms with Crippen LogP contribution < -0.4 is 10.1 Å². The van der Waals surface area contributed by atoms with Crippen LogP contribution in [0.15, 0.2) is 30.3 Å². The van der Waals surface area contributed by atoms with Crippen molar-refractivity contribution >= 4 is 5.91 Å². The van der Waals surface area contributed by atoms with Gasteiger partial charge in [0.1, 0.15) is 0 Å². The highest BCUT2D eigenvalue weighted by atomic mass is 16.5. The first-order chi connectivity index (χ1) is 13.2. The molecule has 0 bridgehead atoms. The molecule has 1 atom stereocenters. The molecule has 1 amide bonds. The molecule has 1 N–H and O–H groups in total. The fraction of sp³-hybridized carbons (Fsp3) is 0.500. The number of aryl methyl sites for hydroxylation is 1. The first-order valence-corrected chi connectivity index (χ1v) is 9.59. The van der Waals surface area contributed by atoms with Crippen LogP contribution in [-0.2, 0) is 11.3 Å². The third-order valence-electron chi connectivity index (χ3n) is 5.23.